The Hall–Kier alpha value is -0.873. The van der Waals surface area contributed by atoms with E-state index in [9.17, 15) is 0 Å². The van der Waals surface area contributed by atoms with E-state index < -0.39 is 8.24 Å². The molecule has 0 atom stereocenters. The van der Waals surface area contributed by atoms with Gasteiger partial charge in [-0.25, -0.2) is 0 Å². The first-order chi connectivity index (χ1) is 10.4. The summed E-state index contributed by atoms with van der Waals surface area (Å²) in [5.74, 6) is 0. The van der Waals surface area contributed by atoms with E-state index in [0.29, 0.717) is 16.6 Å². The van der Waals surface area contributed by atoms with E-state index in [1.807, 2.05) is 11.2 Å². The van der Waals surface area contributed by atoms with Gasteiger partial charge in [0.1, 0.15) is 0 Å². The van der Waals surface area contributed by atoms with Crippen LogP contribution in [0.2, 0.25) is 16.6 Å². The molecule has 0 saturated carbocycles. The van der Waals surface area contributed by atoms with Crippen molar-refractivity contribution in [2.24, 2.45) is 0 Å². The van der Waals surface area contributed by atoms with Crippen molar-refractivity contribution < 1.29 is 0 Å². The highest BCUT2D eigenvalue weighted by atomic mass is 79.9. The normalized spacial score (nSPS) is 13.4. The van der Waals surface area contributed by atoms with Crippen molar-refractivity contribution in [2.45, 2.75) is 58.2 Å². The van der Waals surface area contributed by atoms with Gasteiger partial charge in [-0.15, -0.1) is 0 Å². The van der Waals surface area contributed by atoms with Crippen molar-refractivity contribution >= 4 is 41.1 Å². The Labute approximate surface area is 143 Å². The molecule has 0 spiro atoms. The van der Waals surface area contributed by atoms with E-state index in [1.54, 1.807) is 0 Å². The van der Waals surface area contributed by atoms with Gasteiger partial charge in [0.15, 0.2) is 8.24 Å². The van der Waals surface area contributed by atoms with E-state index in [2.05, 4.69) is 86.1 Å². The van der Waals surface area contributed by atoms with Crippen LogP contribution in [0.25, 0.3) is 17.0 Å². The second kappa shape index (κ2) is 6.71. The highest BCUT2D eigenvalue weighted by Gasteiger charge is 2.46. The van der Waals surface area contributed by atoms with Crippen LogP contribution in [0.5, 0.6) is 0 Å². The molecular formula is C18H27BrN2Si. The summed E-state index contributed by atoms with van der Waals surface area (Å²) in [5.41, 5.74) is 4.44. The molecule has 0 aliphatic carbocycles. The minimum absolute atomic E-state index is 0.651. The molecule has 0 amide bonds. The summed E-state index contributed by atoms with van der Waals surface area (Å²) in [7, 11) is -1.77. The zero-order valence-electron chi connectivity index (χ0n) is 14.5. The van der Waals surface area contributed by atoms with E-state index in [1.165, 1.54) is 16.5 Å². The van der Waals surface area contributed by atoms with Crippen LogP contribution in [0, 0.1) is 0 Å². The van der Waals surface area contributed by atoms with Gasteiger partial charge in [-0.2, -0.15) is 5.10 Å². The van der Waals surface area contributed by atoms with Crippen LogP contribution in [-0.2, 0) is 0 Å². The molecule has 4 heteroatoms. The van der Waals surface area contributed by atoms with Gasteiger partial charge >= 0.3 is 0 Å². The van der Waals surface area contributed by atoms with Crippen LogP contribution < -0.4 is 0 Å². The van der Waals surface area contributed by atoms with Gasteiger partial charge < -0.3 is 0 Å². The summed E-state index contributed by atoms with van der Waals surface area (Å²) in [6.45, 7) is 14.3. The second-order valence-corrected chi connectivity index (χ2v) is 13.2. The Morgan fingerprint density at radius 3 is 2.14 bits per heavy atom. The Kier molecular flexibility index (Phi) is 5.33. The van der Waals surface area contributed by atoms with E-state index in [4.69, 9.17) is 5.10 Å². The standard InChI is InChI=1S/C18H27BrN2Si/c1-13(2)22(14(3)4,15(5)6)21-18-8-7-16(9-10-19)11-17(18)12-20-21/h7-15H,1-6H3. The molecule has 2 nitrogen and oxygen atoms in total. The molecule has 0 unspecified atom stereocenters. The molecule has 0 radical (unpaired) electrons. The number of fused-ring (bicyclic) bond motifs is 1. The molecule has 2 rings (SSSR count). The highest BCUT2D eigenvalue weighted by molar-refractivity contribution is 9.11. The van der Waals surface area contributed by atoms with Crippen LogP contribution in [0.3, 0.4) is 0 Å². The lowest BCUT2D eigenvalue weighted by molar-refractivity contribution is 0.736. The topological polar surface area (TPSA) is 17.8 Å². The maximum absolute atomic E-state index is 4.88. The minimum Gasteiger partial charge on any atom is -0.293 e. The second-order valence-electron chi connectivity index (χ2n) is 7.02. The Morgan fingerprint density at radius 1 is 1.05 bits per heavy atom. The summed E-state index contributed by atoms with van der Waals surface area (Å²) in [6, 6.07) is 6.63. The third-order valence-corrected chi connectivity index (χ3v) is 11.9. The number of rotatable bonds is 5. The highest BCUT2D eigenvalue weighted by Crippen LogP contribution is 2.43. The van der Waals surface area contributed by atoms with Crippen LogP contribution in [-0.4, -0.2) is 17.7 Å². The van der Waals surface area contributed by atoms with Crippen molar-refractivity contribution in [1.29, 1.82) is 0 Å². The predicted molar refractivity (Wildman–Crippen MR) is 104 cm³/mol. The largest absolute Gasteiger partial charge is 0.293 e. The summed E-state index contributed by atoms with van der Waals surface area (Å²) < 4.78 is 2.42. The van der Waals surface area contributed by atoms with Crippen molar-refractivity contribution in [3.05, 3.63) is 34.9 Å². The molecule has 0 fully saturated rings. The molecule has 1 heterocycles. The van der Waals surface area contributed by atoms with E-state index in [-0.39, 0.29) is 0 Å². The average Bonchev–Trinajstić information content (AvgIpc) is 2.82. The van der Waals surface area contributed by atoms with Crippen molar-refractivity contribution in [3.8, 4) is 0 Å². The number of nitrogens with zero attached hydrogens (tertiary/aromatic N) is 2. The zero-order chi connectivity index (χ0) is 16.5. The van der Waals surface area contributed by atoms with Gasteiger partial charge in [0.05, 0.1) is 11.7 Å². The first-order valence-corrected chi connectivity index (χ1v) is 11.2. The molecule has 0 saturated heterocycles. The van der Waals surface area contributed by atoms with Crippen molar-refractivity contribution in [1.82, 2.24) is 9.45 Å². The summed E-state index contributed by atoms with van der Waals surface area (Å²) in [5, 5.41) is 6.11. The van der Waals surface area contributed by atoms with Gasteiger partial charge in [0.25, 0.3) is 0 Å². The Balaban J connectivity index is 2.70. The van der Waals surface area contributed by atoms with Crippen LogP contribution in [0.15, 0.2) is 29.4 Å². The molecule has 0 N–H and O–H groups in total. The third-order valence-electron chi connectivity index (χ3n) is 4.99. The summed E-state index contributed by atoms with van der Waals surface area (Å²) in [4.78, 5) is 1.90. The van der Waals surface area contributed by atoms with E-state index >= 15 is 0 Å². The zero-order valence-corrected chi connectivity index (χ0v) is 17.1. The lowest BCUT2D eigenvalue weighted by Gasteiger charge is -2.43. The quantitative estimate of drug-likeness (QED) is 0.548. The van der Waals surface area contributed by atoms with Crippen molar-refractivity contribution in [2.75, 3.05) is 0 Å². The maximum Gasteiger partial charge on any atom is 0.193 e. The molecule has 0 aliphatic rings. The van der Waals surface area contributed by atoms with Gasteiger partial charge in [0.2, 0.25) is 0 Å². The minimum atomic E-state index is -1.77. The van der Waals surface area contributed by atoms with Crippen LogP contribution in [0.1, 0.15) is 47.1 Å². The Bertz CT molecular complexity index is 649. The number of benzene rings is 1. The maximum atomic E-state index is 4.88. The van der Waals surface area contributed by atoms with Gasteiger partial charge in [-0.3, -0.25) is 4.35 Å². The molecular weight excluding hydrogens is 352 g/mol. The summed E-state index contributed by atoms with van der Waals surface area (Å²) >= 11 is 3.35. The molecule has 0 bridgehead atoms. The molecule has 22 heavy (non-hydrogen) atoms. The van der Waals surface area contributed by atoms with Gasteiger partial charge in [0, 0.05) is 5.39 Å². The first kappa shape index (κ1) is 17.5. The fraction of sp³-hybridized carbons (Fsp3) is 0.500. The van der Waals surface area contributed by atoms with Crippen LogP contribution in [0.4, 0.5) is 0 Å². The van der Waals surface area contributed by atoms with Gasteiger partial charge in [-0.1, -0.05) is 63.5 Å². The number of hydrogen-bond donors (Lipinski definition) is 0. The first-order valence-electron chi connectivity index (χ1n) is 8.10. The molecule has 1 aromatic carbocycles. The van der Waals surface area contributed by atoms with E-state index in [0.717, 1.165) is 0 Å². The number of aromatic nitrogens is 2. The molecule has 2 aromatic rings. The number of halogens is 1. The third kappa shape index (κ3) is 2.71. The summed E-state index contributed by atoms with van der Waals surface area (Å²) in [6.07, 6.45) is 4.10. The van der Waals surface area contributed by atoms with Gasteiger partial charge in [-0.05, 0) is 45.4 Å². The Morgan fingerprint density at radius 2 is 1.64 bits per heavy atom. The lowest BCUT2D eigenvalue weighted by Crippen LogP contribution is -2.52. The fourth-order valence-corrected chi connectivity index (χ4v) is 10.9. The lowest BCUT2D eigenvalue weighted by atomic mass is 10.2. The predicted octanol–water partition coefficient (Wildman–Crippen LogP) is 6.43. The molecule has 120 valence electrons. The number of hydrogen-bond acceptors (Lipinski definition) is 1. The molecule has 0 aliphatic heterocycles. The average molecular weight is 379 g/mol. The monoisotopic (exact) mass is 378 g/mol. The smallest absolute Gasteiger partial charge is 0.193 e. The van der Waals surface area contributed by atoms with Crippen LogP contribution >= 0.6 is 15.9 Å². The van der Waals surface area contributed by atoms with Crippen molar-refractivity contribution in [3.63, 3.8) is 0 Å². The molecule has 1 aromatic heterocycles. The fourth-order valence-electron chi connectivity index (χ4n) is 4.27. The SMILES string of the molecule is CC(C)[Si](C(C)C)(C(C)C)n1ncc2cc(C=CBr)ccc21.